The molecule has 4 aromatic heterocycles. The molecule has 0 N–H and O–H groups in total. The van der Waals surface area contributed by atoms with E-state index < -0.39 is 0 Å². The number of hydrogen-bond acceptors (Lipinski definition) is 8. The van der Waals surface area contributed by atoms with Crippen molar-refractivity contribution >= 4 is 43.4 Å². The Balaban J connectivity index is 0.000000152. The Morgan fingerprint density at radius 2 is 0.355 bits per heavy atom. The molecule has 0 unspecified atom stereocenters. The third-order valence-electron chi connectivity index (χ3n) is 23.2. The molecule has 18 aromatic carbocycles. The van der Waals surface area contributed by atoms with Gasteiger partial charge in [-0.15, -0.1) is 0 Å². The molecule has 0 aliphatic rings. The van der Waals surface area contributed by atoms with Gasteiger partial charge >= 0.3 is 0 Å². The zero-order chi connectivity index (χ0) is 82.5. The summed E-state index contributed by atoms with van der Waals surface area (Å²) in [6, 6.07) is 158. The van der Waals surface area contributed by atoms with E-state index in [4.69, 9.17) is 39.9 Å². The number of pyridine rings is 2. The summed E-state index contributed by atoms with van der Waals surface area (Å²) in [5.41, 5.74) is 30.5. The summed E-state index contributed by atoms with van der Waals surface area (Å²) < 4.78 is 0. The SMILES string of the molecule is c1ccc(-c2ccc(-c3nc(-c4ccc(-c5ccccc5)cc4)nc(-c4cccc(-c5cccc(-c6cccc(-c7cc8cccnc8c8ccccc78)c6)c5)c4)n3)cc2)cc1.c1ccc(-c2ccc(-c3nc(-c4ccc(-c5ccccc5)cc4)nc(-c4cccc(-c5cccc(-c6cccc(-c7cccc8c7ccc7cccnc78)c6)c5)c4)n3)cc2)cc1. The third-order valence-corrected chi connectivity index (χ3v) is 23.2. The van der Waals surface area contributed by atoms with Crippen LogP contribution in [0.2, 0.25) is 0 Å². The molecule has 0 spiro atoms. The minimum atomic E-state index is 0.618. The predicted octanol–water partition coefficient (Wildman–Crippen LogP) is 29.8. The smallest absolute Gasteiger partial charge is 0.164 e. The average molecular weight is 1580 g/mol. The zero-order valence-corrected chi connectivity index (χ0v) is 67.5. The fourth-order valence-corrected chi connectivity index (χ4v) is 16.8. The first-order chi connectivity index (χ1) is 61.4. The molecule has 0 fully saturated rings. The predicted molar refractivity (Wildman–Crippen MR) is 512 cm³/mol. The number of benzene rings is 18. The molecule has 580 valence electrons. The van der Waals surface area contributed by atoms with Crippen molar-refractivity contribution in [3.63, 3.8) is 0 Å². The van der Waals surface area contributed by atoms with Crippen LogP contribution in [0.4, 0.5) is 0 Å². The molecule has 22 rings (SSSR count). The number of hydrogen-bond donors (Lipinski definition) is 0. The van der Waals surface area contributed by atoms with Crippen LogP contribution in [0.15, 0.2) is 461 Å². The van der Waals surface area contributed by atoms with Gasteiger partial charge in [0.1, 0.15) is 0 Å². The van der Waals surface area contributed by atoms with Crippen molar-refractivity contribution in [1.29, 1.82) is 0 Å². The largest absolute Gasteiger partial charge is 0.256 e. The van der Waals surface area contributed by atoms with Crippen LogP contribution in [0.5, 0.6) is 0 Å². The van der Waals surface area contributed by atoms with Gasteiger partial charge in [0.25, 0.3) is 0 Å². The van der Waals surface area contributed by atoms with Gasteiger partial charge in [-0.05, 0) is 177 Å². The highest BCUT2D eigenvalue weighted by molar-refractivity contribution is 6.13. The quantitative estimate of drug-likeness (QED) is 0.0882. The van der Waals surface area contributed by atoms with Gasteiger partial charge in [-0.1, -0.05) is 394 Å². The van der Waals surface area contributed by atoms with Crippen LogP contribution >= 0.6 is 0 Å². The Morgan fingerprint density at radius 1 is 0.121 bits per heavy atom. The molecule has 0 saturated carbocycles. The molecular formula is C116H76N8. The van der Waals surface area contributed by atoms with Gasteiger partial charge in [0.2, 0.25) is 0 Å². The molecule has 0 amide bonds. The molecule has 0 radical (unpaired) electrons. The highest BCUT2D eigenvalue weighted by atomic mass is 15.0. The van der Waals surface area contributed by atoms with Gasteiger partial charge in [-0.2, -0.15) is 0 Å². The van der Waals surface area contributed by atoms with E-state index in [2.05, 4.69) is 413 Å². The molecule has 4 heterocycles. The summed E-state index contributed by atoms with van der Waals surface area (Å²) in [6.45, 7) is 0. The molecule has 0 aliphatic heterocycles. The first kappa shape index (κ1) is 74.8. The van der Waals surface area contributed by atoms with Gasteiger partial charge in [-0.3, -0.25) is 9.97 Å². The van der Waals surface area contributed by atoms with Crippen molar-refractivity contribution < 1.29 is 0 Å². The maximum atomic E-state index is 5.12. The lowest BCUT2D eigenvalue weighted by Crippen LogP contribution is -2.00. The lowest BCUT2D eigenvalue weighted by atomic mass is 9.92. The second-order valence-corrected chi connectivity index (χ2v) is 31.0. The van der Waals surface area contributed by atoms with E-state index in [1.165, 1.54) is 55.3 Å². The first-order valence-corrected chi connectivity index (χ1v) is 41.7. The number of fused-ring (bicyclic) bond motifs is 6. The summed E-state index contributed by atoms with van der Waals surface area (Å²) in [4.78, 5) is 40.0. The third kappa shape index (κ3) is 15.6. The van der Waals surface area contributed by atoms with Gasteiger partial charge in [0, 0.05) is 67.3 Å². The molecule has 124 heavy (non-hydrogen) atoms. The number of aromatic nitrogens is 8. The summed E-state index contributed by atoms with van der Waals surface area (Å²) in [5.74, 6) is 3.74. The zero-order valence-electron chi connectivity index (χ0n) is 67.5. The molecule has 0 aliphatic carbocycles. The van der Waals surface area contributed by atoms with Crippen molar-refractivity contribution in [3.05, 3.63) is 461 Å². The van der Waals surface area contributed by atoms with Crippen LogP contribution in [0.25, 0.3) is 223 Å². The van der Waals surface area contributed by atoms with E-state index in [1.807, 2.05) is 48.8 Å². The van der Waals surface area contributed by atoms with Crippen molar-refractivity contribution in [1.82, 2.24) is 39.9 Å². The lowest BCUT2D eigenvalue weighted by molar-refractivity contribution is 1.07. The van der Waals surface area contributed by atoms with Crippen LogP contribution in [0, 0.1) is 0 Å². The molecule has 8 heteroatoms. The van der Waals surface area contributed by atoms with Gasteiger partial charge in [-0.25, -0.2) is 29.9 Å². The molecular weight excluding hydrogens is 1510 g/mol. The topological polar surface area (TPSA) is 103 Å². The van der Waals surface area contributed by atoms with Crippen LogP contribution in [0.3, 0.4) is 0 Å². The van der Waals surface area contributed by atoms with Gasteiger partial charge < -0.3 is 0 Å². The summed E-state index contributed by atoms with van der Waals surface area (Å²) in [6.07, 6.45) is 3.74. The van der Waals surface area contributed by atoms with Crippen molar-refractivity contribution in [2.24, 2.45) is 0 Å². The normalized spacial score (nSPS) is 11.2. The maximum absolute atomic E-state index is 5.12. The van der Waals surface area contributed by atoms with Gasteiger partial charge in [0.15, 0.2) is 34.9 Å². The van der Waals surface area contributed by atoms with Crippen molar-refractivity contribution in [2.45, 2.75) is 0 Å². The summed E-state index contributed by atoms with van der Waals surface area (Å²) in [5, 5.41) is 6.98. The second kappa shape index (κ2) is 33.6. The summed E-state index contributed by atoms with van der Waals surface area (Å²) in [7, 11) is 0. The van der Waals surface area contributed by atoms with Crippen LogP contribution in [-0.4, -0.2) is 39.9 Å². The highest BCUT2D eigenvalue weighted by Gasteiger charge is 2.20. The fraction of sp³-hybridized carbons (Fsp3) is 0. The fourth-order valence-electron chi connectivity index (χ4n) is 16.8. The second-order valence-electron chi connectivity index (χ2n) is 31.0. The van der Waals surface area contributed by atoms with E-state index in [-0.39, 0.29) is 0 Å². The van der Waals surface area contributed by atoms with E-state index >= 15 is 0 Å². The lowest BCUT2D eigenvalue weighted by Gasteiger charge is -2.13. The Hall–Kier alpha value is -16.7. The van der Waals surface area contributed by atoms with E-state index in [0.29, 0.717) is 34.9 Å². The number of nitrogens with zero attached hydrogens (tertiary/aromatic N) is 8. The molecule has 0 atom stereocenters. The van der Waals surface area contributed by atoms with Crippen molar-refractivity contribution in [3.8, 4) is 180 Å². The maximum Gasteiger partial charge on any atom is 0.164 e. The average Bonchev–Trinajstić information content (AvgIpc) is 0.762. The minimum Gasteiger partial charge on any atom is -0.256 e. The molecule has 8 nitrogen and oxygen atoms in total. The van der Waals surface area contributed by atoms with E-state index in [1.54, 1.807) is 0 Å². The molecule has 0 saturated heterocycles. The Kier molecular flexibility index (Phi) is 20.3. The van der Waals surface area contributed by atoms with Crippen LogP contribution in [0.1, 0.15) is 0 Å². The minimum absolute atomic E-state index is 0.618. The first-order valence-electron chi connectivity index (χ1n) is 41.7. The monoisotopic (exact) mass is 1580 g/mol. The van der Waals surface area contributed by atoms with Gasteiger partial charge in [0.05, 0.1) is 11.0 Å². The Labute approximate surface area is 719 Å². The van der Waals surface area contributed by atoms with E-state index in [0.717, 1.165) is 133 Å². The standard InChI is InChI=1S/2C58H38N4/c1-3-12-39(13-4-1)41-25-29-44(30-26-41)56-60-57(45-31-27-42(28-32-45)40-14-5-2-6-15-40)62-58(61-56)51-21-9-19-49(38-51)47-17-7-16-46(36-47)48-18-8-20-50(37-48)52-23-10-24-54-53(52)34-33-43-22-11-35-59-55(43)54;1-3-13-39(14-4-1)41-26-30-43(31-27-41)56-60-57(44-32-28-42(29-33-44)40-15-5-2-6-16-40)62-58(61-56)51-22-11-20-48(37-51)46-18-9-17-45(35-46)47-19-10-21-49(36-47)54-38-50-23-12-34-59-55(50)53-25-8-7-24-52(53)54/h2*1-38H. The molecule has 0 bridgehead atoms. The van der Waals surface area contributed by atoms with Crippen molar-refractivity contribution in [2.75, 3.05) is 0 Å². The van der Waals surface area contributed by atoms with E-state index in [9.17, 15) is 0 Å². The summed E-state index contributed by atoms with van der Waals surface area (Å²) >= 11 is 0. The van der Waals surface area contributed by atoms with Crippen LogP contribution < -0.4 is 0 Å². The highest BCUT2D eigenvalue weighted by Crippen LogP contribution is 2.41. The Morgan fingerprint density at radius 3 is 0.718 bits per heavy atom. The molecule has 22 aromatic rings. The van der Waals surface area contributed by atoms with Crippen LogP contribution in [-0.2, 0) is 0 Å². The Bertz CT molecular complexity index is 7450. The number of rotatable bonds is 16.